The van der Waals surface area contributed by atoms with Crippen molar-refractivity contribution >= 4 is 21.6 Å². The molecule has 0 radical (unpaired) electrons. The molecule has 1 fully saturated rings. The van der Waals surface area contributed by atoms with E-state index in [1.165, 1.54) is 4.90 Å². The number of oxime groups is 1. The van der Waals surface area contributed by atoms with Gasteiger partial charge in [0.05, 0.1) is 17.4 Å². The molecule has 1 rings (SSSR count). The number of hydrogen-bond acceptors (Lipinski definition) is 5. The third kappa shape index (κ3) is 3.82. The average Bonchev–Trinajstić information content (AvgIpc) is 2.33. The van der Waals surface area contributed by atoms with Gasteiger partial charge in [-0.15, -0.1) is 0 Å². The molecule has 3 N–H and O–H groups in total. The van der Waals surface area contributed by atoms with Crippen LogP contribution in [0.1, 0.15) is 26.7 Å². The Balaban J connectivity index is 2.86. The Morgan fingerprint density at radius 3 is 2.68 bits per heavy atom. The summed E-state index contributed by atoms with van der Waals surface area (Å²) in [4.78, 5) is 13.9. The van der Waals surface area contributed by atoms with Gasteiger partial charge in [-0.3, -0.25) is 4.79 Å². The fourth-order valence-corrected chi connectivity index (χ4v) is 3.84. The fraction of sp³-hybridized carbons (Fsp3) is 0.818. The van der Waals surface area contributed by atoms with Crippen molar-refractivity contribution in [2.45, 2.75) is 32.7 Å². The van der Waals surface area contributed by atoms with Crippen LogP contribution in [0.25, 0.3) is 0 Å². The number of nitrogens with zero attached hydrogens (tertiary/aromatic N) is 2. The van der Waals surface area contributed by atoms with Crippen LogP contribution in [0.5, 0.6) is 0 Å². The molecule has 1 heterocycles. The highest BCUT2D eigenvalue weighted by Crippen LogP contribution is 2.18. The van der Waals surface area contributed by atoms with Crippen LogP contribution in [0.3, 0.4) is 0 Å². The van der Waals surface area contributed by atoms with Crippen molar-refractivity contribution in [3.8, 4) is 0 Å². The molecule has 0 aromatic heterocycles. The topological polar surface area (TPSA) is 113 Å². The lowest BCUT2D eigenvalue weighted by Crippen LogP contribution is -2.53. The molecule has 0 spiro atoms. The van der Waals surface area contributed by atoms with Crippen molar-refractivity contribution in [3.63, 3.8) is 0 Å². The maximum absolute atomic E-state index is 12.4. The Morgan fingerprint density at radius 1 is 1.58 bits per heavy atom. The quantitative estimate of drug-likeness (QED) is 0.322. The van der Waals surface area contributed by atoms with Crippen molar-refractivity contribution in [1.29, 1.82) is 0 Å². The zero-order valence-electron chi connectivity index (χ0n) is 11.2. The van der Waals surface area contributed by atoms with E-state index in [9.17, 15) is 13.2 Å². The van der Waals surface area contributed by atoms with Gasteiger partial charge in [0.25, 0.3) is 0 Å². The fourth-order valence-electron chi connectivity index (χ4n) is 2.28. The first kappa shape index (κ1) is 15.7. The number of sulfone groups is 1. The molecule has 2 unspecified atom stereocenters. The molecular weight excluding hydrogens is 270 g/mol. The summed E-state index contributed by atoms with van der Waals surface area (Å²) in [5.41, 5.74) is 5.54. The van der Waals surface area contributed by atoms with E-state index in [0.717, 1.165) is 0 Å². The molecular formula is C11H21N3O4S. The third-order valence-corrected chi connectivity index (χ3v) is 5.10. The Morgan fingerprint density at radius 2 is 2.21 bits per heavy atom. The summed E-state index contributed by atoms with van der Waals surface area (Å²) in [7, 11) is -3.07. The molecule has 1 aliphatic heterocycles. The zero-order chi connectivity index (χ0) is 14.6. The highest BCUT2D eigenvalue weighted by atomic mass is 32.2. The van der Waals surface area contributed by atoms with Gasteiger partial charge in [-0.05, 0) is 13.3 Å². The van der Waals surface area contributed by atoms with Gasteiger partial charge in [0, 0.05) is 12.6 Å². The summed E-state index contributed by atoms with van der Waals surface area (Å²) in [6.07, 6.45) is 1.19. The van der Waals surface area contributed by atoms with Crippen molar-refractivity contribution < 1.29 is 18.4 Å². The number of amides is 1. The monoisotopic (exact) mass is 291 g/mol. The molecule has 0 aromatic carbocycles. The van der Waals surface area contributed by atoms with E-state index in [1.807, 2.05) is 6.92 Å². The minimum Gasteiger partial charge on any atom is -0.409 e. The minimum atomic E-state index is -3.07. The van der Waals surface area contributed by atoms with E-state index in [0.29, 0.717) is 12.8 Å². The van der Waals surface area contributed by atoms with Crippen LogP contribution in [0.4, 0.5) is 0 Å². The van der Waals surface area contributed by atoms with Gasteiger partial charge >= 0.3 is 0 Å². The molecule has 110 valence electrons. The van der Waals surface area contributed by atoms with E-state index in [-0.39, 0.29) is 35.8 Å². The van der Waals surface area contributed by atoms with Crippen molar-refractivity contribution in [2.75, 3.05) is 18.1 Å². The smallest absolute Gasteiger partial charge is 0.233 e. The average molecular weight is 291 g/mol. The highest BCUT2D eigenvalue weighted by molar-refractivity contribution is 7.91. The van der Waals surface area contributed by atoms with Gasteiger partial charge in [-0.2, -0.15) is 0 Å². The van der Waals surface area contributed by atoms with Gasteiger partial charge in [0.1, 0.15) is 0 Å². The summed E-state index contributed by atoms with van der Waals surface area (Å²) >= 11 is 0. The number of amidine groups is 1. The predicted octanol–water partition coefficient (Wildman–Crippen LogP) is -0.205. The van der Waals surface area contributed by atoms with Crippen LogP contribution in [0, 0.1) is 5.92 Å². The molecule has 8 heteroatoms. The first-order valence-corrected chi connectivity index (χ1v) is 8.12. The molecule has 1 aliphatic rings. The molecule has 0 aliphatic carbocycles. The number of rotatable bonds is 4. The summed E-state index contributed by atoms with van der Waals surface area (Å²) in [6, 6.07) is -0.378. The Kier molecular flexibility index (Phi) is 5.16. The largest absolute Gasteiger partial charge is 0.409 e. The Bertz CT molecular complexity index is 461. The predicted molar refractivity (Wildman–Crippen MR) is 71.6 cm³/mol. The Labute approximate surface area is 113 Å². The molecule has 7 nitrogen and oxygen atoms in total. The molecule has 0 aromatic rings. The lowest BCUT2D eigenvalue weighted by Gasteiger charge is -2.35. The summed E-state index contributed by atoms with van der Waals surface area (Å²) in [5.74, 6) is -1.13. The Hall–Kier alpha value is -1.31. The van der Waals surface area contributed by atoms with Crippen LogP contribution in [0.2, 0.25) is 0 Å². The van der Waals surface area contributed by atoms with Gasteiger partial charge in [-0.25, -0.2) is 8.42 Å². The van der Waals surface area contributed by atoms with E-state index >= 15 is 0 Å². The van der Waals surface area contributed by atoms with Gasteiger partial charge in [0.2, 0.25) is 5.91 Å². The molecule has 1 amide bonds. The lowest BCUT2D eigenvalue weighted by molar-refractivity contribution is -0.135. The maximum Gasteiger partial charge on any atom is 0.233 e. The maximum atomic E-state index is 12.4. The highest BCUT2D eigenvalue weighted by Gasteiger charge is 2.35. The lowest BCUT2D eigenvalue weighted by atomic mass is 10.00. The molecule has 19 heavy (non-hydrogen) atoms. The summed E-state index contributed by atoms with van der Waals surface area (Å²) in [5, 5.41) is 11.6. The van der Waals surface area contributed by atoms with Gasteiger partial charge in [0.15, 0.2) is 15.7 Å². The second kappa shape index (κ2) is 6.23. The van der Waals surface area contributed by atoms with Crippen molar-refractivity contribution in [3.05, 3.63) is 0 Å². The van der Waals surface area contributed by atoms with Crippen LogP contribution in [-0.2, 0) is 14.6 Å². The van der Waals surface area contributed by atoms with E-state index in [1.54, 1.807) is 6.92 Å². The van der Waals surface area contributed by atoms with E-state index < -0.39 is 15.8 Å². The van der Waals surface area contributed by atoms with Gasteiger partial charge in [-0.1, -0.05) is 18.5 Å². The molecule has 0 saturated carbocycles. The minimum absolute atomic E-state index is 0.0297. The zero-order valence-corrected chi connectivity index (χ0v) is 12.1. The first-order chi connectivity index (χ1) is 8.82. The first-order valence-electron chi connectivity index (χ1n) is 6.30. The molecule has 0 bridgehead atoms. The van der Waals surface area contributed by atoms with Crippen molar-refractivity contribution in [2.24, 2.45) is 16.8 Å². The number of hydrogen-bond donors (Lipinski definition) is 2. The number of carbonyl (C=O) groups is 1. The summed E-state index contributed by atoms with van der Waals surface area (Å²) < 4.78 is 23.0. The second-order valence-corrected chi connectivity index (χ2v) is 7.09. The number of carbonyl (C=O) groups excluding carboxylic acids is 1. The van der Waals surface area contributed by atoms with E-state index in [2.05, 4.69) is 5.16 Å². The standard InChI is InChI=1S/C11H21N3O4S/c1-3-4-9(10(12)13-16)11(15)14-5-6-19(17,18)7-8(14)2/h8-9,16H,3-7H2,1-2H3,(H2,12,13). The molecule has 2 atom stereocenters. The van der Waals surface area contributed by atoms with Crippen LogP contribution < -0.4 is 5.73 Å². The van der Waals surface area contributed by atoms with E-state index in [4.69, 9.17) is 10.9 Å². The summed E-state index contributed by atoms with van der Waals surface area (Å²) in [6.45, 7) is 3.76. The van der Waals surface area contributed by atoms with Gasteiger partial charge < -0.3 is 15.8 Å². The normalized spacial score (nSPS) is 25.1. The van der Waals surface area contributed by atoms with Crippen LogP contribution >= 0.6 is 0 Å². The second-order valence-electron chi connectivity index (χ2n) is 4.86. The number of nitrogens with two attached hydrogens (primary N) is 1. The van der Waals surface area contributed by atoms with Crippen LogP contribution in [0.15, 0.2) is 5.16 Å². The molecule has 1 saturated heterocycles. The SMILES string of the molecule is CCCC(C(=O)N1CCS(=O)(=O)CC1C)C(N)=NO. The van der Waals surface area contributed by atoms with Crippen molar-refractivity contribution in [1.82, 2.24) is 4.90 Å². The van der Waals surface area contributed by atoms with Crippen LogP contribution in [-0.4, -0.2) is 54.4 Å². The third-order valence-electron chi connectivity index (χ3n) is 3.30.